The van der Waals surface area contributed by atoms with Crippen LogP contribution in [0.4, 0.5) is 0 Å². The van der Waals surface area contributed by atoms with Crippen LogP contribution in [-0.2, 0) is 32.9 Å². The molecule has 8 nitrogen and oxygen atoms in total. The molecule has 0 heterocycles. The number of carboxylic acids is 1. The van der Waals surface area contributed by atoms with E-state index in [4.69, 9.17) is 32.7 Å². The van der Waals surface area contributed by atoms with E-state index >= 15 is 0 Å². The SMILES string of the molecule is O=C([O-])C(c1ccccc1)(c1ccccc1)c1ccccc1.OCc1cc(C(O)CNCCCCCCOCCOCc2c(Cl)cccc2Cl)ccc1O. The number of rotatable bonds is 20. The molecule has 5 aromatic carbocycles. The van der Waals surface area contributed by atoms with Crippen LogP contribution in [0, 0.1) is 0 Å². The maximum Gasteiger partial charge on any atom is 0.121 e. The van der Waals surface area contributed by atoms with E-state index in [1.165, 1.54) is 6.07 Å². The smallest absolute Gasteiger partial charge is 0.121 e. The summed E-state index contributed by atoms with van der Waals surface area (Å²) in [4.78, 5) is 12.3. The van der Waals surface area contributed by atoms with Crippen molar-refractivity contribution in [3.8, 4) is 5.75 Å². The first-order valence-electron chi connectivity index (χ1n) is 18.1. The number of carbonyl (C=O) groups excluding carboxylic acids is 1. The second-order valence-corrected chi connectivity index (χ2v) is 13.5. The lowest BCUT2D eigenvalue weighted by atomic mass is 9.69. The third-order valence-electron chi connectivity index (χ3n) is 9.00. The van der Waals surface area contributed by atoms with E-state index in [1.54, 1.807) is 24.3 Å². The summed E-state index contributed by atoms with van der Waals surface area (Å²) in [6.07, 6.45) is 3.51. The third kappa shape index (κ3) is 12.1. The third-order valence-corrected chi connectivity index (χ3v) is 9.70. The van der Waals surface area contributed by atoms with Crippen molar-refractivity contribution in [2.45, 2.75) is 50.4 Å². The monoisotopic (exact) mass is 772 g/mol. The quantitative estimate of drug-likeness (QED) is 0.0477. The lowest BCUT2D eigenvalue weighted by Crippen LogP contribution is -2.47. The lowest BCUT2D eigenvalue weighted by molar-refractivity contribution is -0.310. The number of unbranched alkanes of at least 4 members (excludes halogenated alkanes) is 3. The van der Waals surface area contributed by atoms with Crippen molar-refractivity contribution in [3.05, 3.63) is 171 Å². The van der Waals surface area contributed by atoms with Crippen molar-refractivity contribution in [2.75, 3.05) is 32.9 Å². The minimum Gasteiger partial charge on any atom is -0.548 e. The van der Waals surface area contributed by atoms with Gasteiger partial charge in [0.1, 0.15) is 5.75 Å². The van der Waals surface area contributed by atoms with Crippen LogP contribution in [-0.4, -0.2) is 54.2 Å². The number of carboxylic acid groups (broad SMARTS) is 1. The van der Waals surface area contributed by atoms with E-state index in [0.29, 0.717) is 70.8 Å². The van der Waals surface area contributed by atoms with Gasteiger partial charge in [-0.3, -0.25) is 0 Å². The molecule has 0 saturated carbocycles. The number of aliphatic carboxylic acids is 1. The molecular weight excluding hydrogens is 725 g/mol. The molecule has 5 aromatic rings. The molecule has 0 fully saturated rings. The fourth-order valence-electron chi connectivity index (χ4n) is 6.09. The second kappa shape index (κ2) is 22.8. The fourth-order valence-corrected chi connectivity index (χ4v) is 6.59. The standard InChI is InChI=1S/C24H33Cl2NO5.C20H16O2/c25-21-6-5-7-22(26)20(21)17-32-13-12-31-11-4-2-1-3-10-27-15-24(30)18-8-9-23(29)19(14-18)16-28;21-19(22)20(16-10-4-1-5-11-16,17-12-6-2-7-13-17)18-14-8-3-9-15-18/h5-9,14,24,27-30H,1-4,10-13,15-17H2;1-15H,(H,21,22)/p-1. The van der Waals surface area contributed by atoms with E-state index in [1.807, 2.05) is 97.1 Å². The molecule has 0 aliphatic rings. The number of benzene rings is 5. The molecule has 4 N–H and O–H groups in total. The van der Waals surface area contributed by atoms with Crippen molar-refractivity contribution >= 4 is 29.2 Å². The Labute approximate surface area is 327 Å². The highest BCUT2D eigenvalue weighted by molar-refractivity contribution is 6.35. The molecule has 0 saturated heterocycles. The van der Waals surface area contributed by atoms with Gasteiger partial charge in [-0.25, -0.2) is 0 Å². The van der Waals surface area contributed by atoms with Crippen LogP contribution in [0.1, 0.15) is 65.2 Å². The average molecular weight is 774 g/mol. The van der Waals surface area contributed by atoms with Gasteiger partial charge in [-0.2, -0.15) is 0 Å². The van der Waals surface area contributed by atoms with Gasteiger partial charge in [0.25, 0.3) is 0 Å². The van der Waals surface area contributed by atoms with Crippen molar-refractivity contribution in [3.63, 3.8) is 0 Å². The zero-order chi connectivity index (χ0) is 38.6. The summed E-state index contributed by atoms with van der Waals surface area (Å²) >= 11 is 12.2. The number of aromatic hydroxyl groups is 1. The Hall–Kier alpha value is -4.25. The number of nitrogens with one attached hydrogen (secondary N) is 1. The molecule has 0 amide bonds. The van der Waals surface area contributed by atoms with Crippen molar-refractivity contribution in [1.29, 1.82) is 0 Å². The van der Waals surface area contributed by atoms with Crippen LogP contribution in [0.2, 0.25) is 10.0 Å². The Morgan fingerprint density at radius 3 is 1.78 bits per heavy atom. The van der Waals surface area contributed by atoms with Crippen LogP contribution in [0.5, 0.6) is 5.75 Å². The molecule has 0 aromatic heterocycles. The maximum atomic E-state index is 12.3. The summed E-state index contributed by atoms with van der Waals surface area (Å²) in [5, 5.41) is 45.8. The highest BCUT2D eigenvalue weighted by Gasteiger charge is 2.37. The number of halogens is 2. The molecule has 0 aliphatic carbocycles. The Morgan fingerprint density at radius 1 is 0.704 bits per heavy atom. The summed E-state index contributed by atoms with van der Waals surface area (Å²) < 4.78 is 11.2. The summed E-state index contributed by atoms with van der Waals surface area (Å²) in [6.45, 7) is 3.11. The average Bonchev–Trinajstić information content (AvgIpc) is 3.19. The van der Waals surface area contributed by atoms with E-state index < -0.39 is 17.5 Å². The van der Waals surface area contributed by atoms with Crippen molar-refractivity contribution in [2.24, 2.45) is 0 Å². The Balaban J connectivity index is 0.000000256. The normalized spacial score (nSPS) is 11.8. The van der Waals surface area contributed by atoms with Crippen LogP contribution in [0.25, 0.3) is 0 Å². The molecule has 10 heteroatoms. The van der Waals surface area contributed by atoms with E-state index in [0.717, 1.165) is 37.8 Å². The molecule has 0 aliphatic heterocycles. The Bertz CT molecular complexity index is 1710. The van der Waals surface area contributed by atoms with Gasteiger partial charge in [-0.15, -0.1) is 0 Å². The topological polar surface area (TPSA) is 131 Å². The van der Waals surface area contributed by atoms with E-state index in [2.05, 4.69) is 5.32 Å². The number of hydrogen-bond donors (Lipinski definition) is 4. The fraction of sp³-hybridized carbons (Fsp3) is 0.295. The first-order valence-corrected chi connectivity index (χ1v) is 18.8. The first kappa shape index (κ1) is 42.5. The highest BCUT2D eigenvalue weighted by atomic mass is 35.5. The van der Waals surface area contributed by atoms with Gasteiger partial charge < -0.3 is 40.0 Å². The van der Waals surface area contributed by atoms with Gasteiger partial charge in [-0.1, -0.05) is 139 Å². The molecule has 0 spiro atoms. The maximum absolute atomic E-state index is 12.3. The summed E-state index contributed by atoms with van der Waals surface area (Å²) in [5.74, 6) is -1.09. The molecule has 5 rings (SSSR count). The molecule has 1 atom stereocenters. The highest BCUT2D eigenvalue weighted by Crippen LogP contribution is 2.38. The minimum absolute atomic E-state index is 0.0370. The van der Waals surface area contributed by atoms with Crippen LogP contribution in [0.3, 0.4) is 0 Å². The lowest BCUT2D eigenvalue weighted by Gasteiger charge is -2.36. The number of hydrogen-bond acceptors (Lipinski definition) is 8. The van der Waals surface area contributed by atoms with Gasteiger partial charge in [0.05, 0.1) is 43.9 Å². The number of ether oxygens (including phenoxy) is 2. The van der Waals surface area contributed by atoms with E-state index in [-0.39, 0.29) is 12.4 Å². The van der Waals surface area contributed by atoms with Crippen LogP contribution in [0.15, 0.2) is 127 Å². The number of carbonyl (C=O) groups is 1. The van der Waals surface area contributed by atoms with Crippen molar-refractivity contribution < 1.29 is 34.7 Å². The van der Waals surface area contributed by atoms with E-state index in [9.17, 15) is 25.2 Å². The minimum atomic E-state index is -1.32. The first-order chi connectivity index (χ1) is 26.3. The van der Waals surface area contributed by atoms with Gasteiger partial charge >= 0.3 is 0 Å². The molecule has 0 radical (unpaired) electrons. The van der Waals surface area contributed by atoms with Gasteiger partial charge in [0, 0.05) is 34.3 Å². The number of aliphatic hydroxyl groups excluding tert-OH is 2. The molecule has 1 unspecified atom stereocenters. The predicted molar refractivity (Wildman–Crippen MR) is 211 cm³/mol. The Morgan fingerprint density at radius 2 is 1.24 bits per heavy atom. The van der Waals surface area contributed by atoms with Crippen LogP contribution >= 0.6 is 23.2 Å². The summed E-state index contributed by atoms with van der Waals surface area (Å²) in [7, 11) is 0. The summed E-state index contributed by atoms with van der Waals surface area (Å²) in [6, 6.07) is 37.9. The zero-order valence-electron chi connectivity index (χ0n) is 30.2. The Kier molecular flexibility index (Phi) is 18.0. The zero-order valence-corrected chi connectivity index (χ0v) is 31.7. The predicted octanol–water partition coefficient (Wildman–Crippen LogP) is 7.38. The number of aliphatic hydroxyl groups is 2. The van der Waals surface area contributed by atoms with Crippen LogP contribution < -0.4 is 10.4 Å². The van der Waals surface area contributed by atoms with Gasteiger partial charge in [0.15, 0.2) is 0 Å². The number of phenols is 1. The van der Waals surface area contributed by atoms with Crippen molar-refractivity contribution in [1.82, 2.24) is 5.32 Å². The molecule has 54 heavy (non-hydrogen) atoms. The van der Waals surface area contributed by atoms with Gasteiger partial charge in [0.2, 0.25) is 0 Å². The second-order valence-electron chi connectivity index (χ2n) is 12.7. The van der Waals surface area contributed by atoms with Gasteiger partial charge in [-0.05, 0) is 65.9 Å². The largest absolute Gasteiger partial charge is 0.548 e. The summed E-state index contributed by atoms with van der Waals surface area (Å²) in [5.41, 5.74) is 2.64. The molecule has 0 bridgehead atoms. The molecule has 286 valence electrons. The molecular formula is C44H48Cl2NO7-.